The number of likely N-dealkylation sites (tertiary alicyclic amines) is 1. The molecule has 3 atom stereocenters. The summed E-state index contributed by atoms with van der Waals surface area (Å²) in [4.78, 5) is 41.6. The van der Waals surface area contributed by atoms with Crippen molar-refractivity contribution in [3.63, 3.8) is 0 Å². The molecule has 1 N–H and O–H groups in total. The first-order valence-corrected chi connectivity index (χ1v) is 14.9. The van der Waals surface area contributed by atoms with Crippen molar-refractivity contribution in [1.29, 1.82) is 0 Å². The number of alkyl halides is 2. The highest BCUT2D eigenvalue weighted by atomic mass is 35.5. The summed E-state index contributed by atoms with van der Waals surface area (Å²) in [6.07, 6.45) is 5.29. The summed E-state index contributed by atoms with van der Waals surface area (Å²) in [6, 6.07) is 23.7. The first-order valence-electron chi connectivity index (χ1n) is 14.2. The maximum Gasteiger partial charge on any atom is 0.243 e. The molecule has 7 heteroatoms. The Kier molecular flexibility index (Phi) is 6.10. The number of rotatable bonds is 5. The normalized spacial score (nSPS) is 29.5. The van der Waals surface area contributed by atoms with Crippen molar-refractivity contribution in [3.8, 4) is 0 Å². The summed E-state index contributed by atoms with van der Waals surface area (Å²) in [7, 11) is 0. The quantitative estimate of drug-likeness (QED) is 0.318. The lowest BCUT2D eigenvalue weighted by molar-refractivity contribution is -0.148. The van der Waals surface area contributed by atoms with Crippen molar-refractivity contribution in [1.82, 2.24) is 10.2 Å². The van der Waals surface area contributed by atoms with Crippen molar-refractivity contribution >= 4 is 40.9 Å². The van der Waals surface area contributed by atoms with Gasteiger partial charge in [0.25, 0.3) is 0 Å². The number of carbonyl (C=O) groups is 3. The molecule has 4 aliphatic carbocycles. The van der Waals surface area contributed by atoms with Gasteiger partial charge in [-0.15, -0.1) is 23.2 Å². The predicted octanol–water partition coefficient (Wildman–Crippen LogP) is 5.64. The first-order chi connectivity index (χ1) is 19.4. The number of benzene rings is 3. The molecule has 0 unspecified atom stereocenters. The van der Waals surface area contributed by atoms with Crippen LogP contribution in [-0.4, -0.2) is 34.7 Å². The van der Waals surface area contributed by atoms with Crippen LogP contribution in [0.1, 0.15) is 59.9 Å². The molecule has 0 aromatic heterocycles. The maximum absolute atomic E-state index is 14.5. The van der Waals surface area contributed by atoms with Crippen LogP contribution in [0.25, 0.3) is 0 Å². The Balaban J connectivity index is 1.35. The zero-order valence-corrected chi connectivity index (χ0v) is 23.5. The minimum absolute atomic E-state index is 0.0398. The maximum atomic E-state index is 14.5. The molecule has 1 heterocycles. The third-order valence-corrected chi connectivity index (χ3v) is 10.7. The van der Waals surface area contributed by atoms with Gasteiger partial charge in [0.1, 0.15) is 15.8 Å². The van der Waals surface area contributed by atoms with Gasteiger partial charge in [-0.05, 0) is 40.7 Å². The molecule has 2 fully saturated rings. The van der Waals surface area contributed by atoms with Gasteiger partial charge in [0.15, 0.2) is 0 Å². The van der Waals surface area contributed by atoms with Gasteiger partial charge in [-0.1, -0.05) is 98.1 Å². The molecule has 2 bridgehead atoms. The van der Waals surface area contributed by atoms with Crippen molar-refractivity contribution in [2.24, 2.45) is 11.8 Å². The van der Waals surface area contributed by atoms with E-state index in [2.05, 4.69) is 5.32 Å². The van der Waals surface area contributed by atoms with Crippen LogP contribution >= 0.6 is 23.2 Å². The molecule has 0 radical (unpaired) electrons. The summed E-state index contributed by atoms with van der Waals surface area (Å²) < 4.78 is 0. The summed E-state index contributed by atoms with van der Waals surface area (Å²) in [5, 5.41) is 3.18. The molecule has 1 saturated heterocycles. The van der Waals surface area contributed by atoms with Crippen LogP contribution in [0.5, 0.6) is 0 Å². The number of amides is 3. The lowest BCUT2D eigenvalue weighted by Crippen LogP contribution is -2.57. The lowest BCUT2D eigenvalue weighted by atomic mass is 9.54. The zero-order chi connectivity index (χ0) is 27.6. The minimum atomic E-state index is -1.27. The smallest absolute Gasteiger partial charge is 0.243 e. The molecule has 1 saturated carbocycles. The van der Waals surface area contributed by atoms with E-state index in [-0.39, 0.29) is 18.4 Å². The summed E-state index contributed by atoms with van der Waals surface area (Å²) in [6.45, 7) is 0. The van der Waals surface area contributed by atoms with E-state index in [9.17, 15) is 14.4 Å². The SMILES string of the molecule is O=C(NC1CCCCC1)[C@H](Cc1ccccc1)N1C(=O)[C@@H]2[C@H](C1=O)C1(Cl)c3ccccc3C2(Cl)c2ccccc21. The Morgan fingerprint density at radius 1 is 0.750 bits per heavy atom. The summed E-state index contributed by atoms with van der Waals surface area (Å²) in [5.41, 5.74) is 3.88. The Hall–Kier alpha value is -3.15. The Morgan fingerprint density at radius 2 is 1.20 bits per heavy atom. The summed E-state index contributed by atoms with van der Waals surface area (Å²) >= 11 is 15.2. The average Bonchev–Trinajstić information content (AvgIpc) is 3.26. The Labute approximate surface area is 243 Å². The second-order valence-corrected chi connectivity index (χ2v) is 12.8. The van der Waals surface area contributed by atoms with E-state index >= 15 is 0 Å². The fourth-order valence-electron chi connectivity index (χ4n) is 7.68. The highest BCUT2D eigenvalue weighted by Gasteiger charge is 2.73. The molecular formula is C33H30Cl2N2O3. The van der Waals surface area contributed by atoms with E-state index in [0.29, 0.717) is 0 Å². The molecule has 204 valence electrons. The molecule has 5 nitrogen and oxygen atoms in total. The van der Waals surface area contributed by atoms with E-state index in [0.717, 1.165) is 59.9 Å². The van der Waals surface area contributed by atoms with Gasteiger partial charge < -0.3 is 5.32 Å². The van der Waals surface area contributed by atoms with Gasteiger partial charge in [0.2, 0.25) is 17.7 Å². The number of carbonyl (C=O) groups excluding carboxylic acids is 3. The van der Waals surface area contributed by atoms with Crippen LogP contribution in [0.15, 0.2) is 78.9 Å². The number of nitrogens with one attached hydrogen (secondary N) is 1. The van der Waals surface area contributed by atoms with Gasteiger partial charge >= 0.3 is 0 Å². The molecule has 3 aromatic rings. The van der Waals surface area contributed by atoms with Gasteiger partial charge in [-0.3, -0.25) is 19.3 Å². The van der Waals surface area contributed by atoms with E-state index in [1.165, 1.54) is 4.90 Å². The Bertz CT molecular complexity index is 1400. The third kappa shape index (κ3) is 3.50. The van der Waals surface area contributed by atoms with Crippen LogP contribution in [0.4, 0.5) is 0 Å². The van der Waals surface area contributed by atoms with E-state index in [4.69, 9.17) is 23.2 Å². The lowest BCUT2D eigenvalue weighted by Gasteiger charge is -2.54. The van der Waals surface area contributed by atoms with E-state index < -0.39 is 39.4 Å². The summed E-state index contributed by atoms with van der Waals surface area (Å²) in [5.74, 6) is -3.02. The molecule has 3 amide bonds. The predicted molar refractivity (Wildman–Crippen MR) is 154 cm³/mol. The standard InChI is InChI=1S/C33H30Cl2N2O3/c34-32-22-15-7-8-16-23(22)33(35,25-18-10-9-17-24(25)32)28-27(32)30(39)37(31(28)40)26(19-20-11-3-1-4-12-20)29(38)36-21-13-5-2-6-14-21/h1,3-4,7-12,15-18,21,26-28H,2,5-6,13-14,19H2,(H,36,38)/t26-,27-,28+,32?,33?/m0/s1. The molecule has 8 rings (SSSR count). The van der Waals surface area contributed by atoms with Gasteiger partial charge in [-0.2, -0.15) is 0 Å². The van der Waals surface area contributed by atoms with E-state index in [1.807, 2.05) is 78.9 Å². The van der Waals surface area contributed by atoms with Gasteiger partial charge in [0.05, 0.1) is 11.8 Å². The highest BCUT2D eigenvalue weighted by molar-refractivity contribution is 6.36. The van der Waals surface area contributed by atoms with Crippen molar-refractivity contribution in [2.45, 2.75) is 60.4 Å². The molecular weight excluding hydrogens is 543 g/mol. The highest BCUT2D eigenvalue weighted by Crippen LogP contribution is 2.69. The molecule has 40 heavy (non-hydrogen) atoms. The van der Waals surface area contributed by atoms with Crippen LogP contribution in [0.3, 0.4) is 0 Å². The third-order valence-electron chi connectivity index (χ3n) is 9.46. The fourth-order valence-corrected chi connectivity index (χ4v) is 8.78. The Morgan fingerprint density at radius 3 is 1.68 bits per heavy atom. The zero-order valence-electron chi connectivity index (χ0n) is 22.0. The second kappa shape index (κ2) is 9.46. The fraction of sp³-hybridized carbons (Fsp3) is 0.364. The number of hydrogen-bond donors (Lipinski definition) is 1. The van der Waals surface area contributed by atoms with Gasteiger partial charge in [-0.25, -0.2) is 0 Å². The minimum Gasteiger partial charge on any atom is -0.352 e. The number of imide groups is 1. The van der Waals surface area contributed by atoms with Gasteiger partial charge in [0, 0.05) is 12.5 Å². The van der Waals surface area contributed by atoms with Crippen molar-refractivity contribution in [3.05, 3.63) is 107 Å². The largest absolute Gasteiger partial charge is 0.352 e. The number of nitrogens with zero attached hydrogens (tertiary/aromatic N) is 1. The van der Waals surface area contributed by atoms with Crippen molar-refractivity contribution in [2.75, 3.05) is 0 Å². The average molecular weight is 574 g/mol. The van der Waals surface area contributed by atoms with Crippen LogP contribution in [-0.2, 0) is 30.6 Å². The monoisotopic (exact) mass is 572 g/mol. The number of hydrogen-bond acceptors (Lipinski definition) is 3. The van der Waals surface area contributed by atoms with Crippen LogP contribution in [0, 0.1) is 11.8 Å². The first kappa shape index (κ1) is 25.8. The molecule has 1 aliphatic heterocycles. The van der Waals surface area contributed by atoms with Crippen LogP contribution in [0.2, 0.25) is 0 Å². The topological polar surface area (TPSA) is 66.5 Å². The van der Waals surface area contributed by atoms with E-state index in [1.54, 1.807) is 0 Å². The molecule has 0 spiro atoms. The van der Waals surface area contributed by atoms with Crippen molar-refractivity contribution < 1.29 is 14.4 Å². The molecule has 5 aliphatic rings. The molecule has 3 aromatic carbocycles. The van der Waals surface area contributed by atoms with Crippen LogP contribution < -0.4 is 5.32 Å². The number of halogens is 2. The second-order valence-electron chi connectivity index (χ2n) is 11.6.